The summed E-state index contributed by atoms with van der Waals surface area (Å²) in [5, 5.41) is 9.74. The van der Waals surface area contributed by atoms with Crippen molar-refractivity contribution in [3.63, 3.8) is 0 Å². The minimum atomic E-state index is -4.76. The molecule has 3 nitrogen and oxygen atoms in total. The van der Waals surface area contributed by atoms with Gasteiger partial charge in [0.15, 0.2) is 5.60 Å². The Bertz CT molecular complexity index is 615. The third-order valence-electron chi connectivity index (χ3n) is 5.39. The molecule has 1 atom stereocenters. The molecule has 0 heterocycles. The molecule has 0 spiro atoms. The molecule has 1 amide bonds. The van der Waals surface area contributed by atoms with Gasteiger partial charge in [-0.05, 0) is 50.3 Å². The number of carbonyl (C=O) groups is 1. The van der Waals surface area contributed by atoms with Gasteiger partial charge in [0.25, 0.3) is 5.91 Å². The van der Waals surface area contributed by atoms with Crippen LogP contribution in [0.4, 0.5) is 13.2 Å². The normalized spacial score (nSPS) is 21.6. The Morgan fingerprint density at radius 1 is 1.00 bits per heavy atom. The summed E-state index contributed by atoms with van der Waals surface area (Å²) in [5.74, 6) is -0.104. The first kappa shape index (κ1) is 18.2. The van der Waals surface area contributed by atoms with Crippen LogP contribution in [-0.4, -0.2) is 34.2 Å². The van der Waals surface area contributed by atoms with Crippen molar-refractivity contribution in [3.8, 4) is 0 Å². The third-order valence-corrected chi connectivity index (χ3v) is 5.39. The van der Waals surface area contributed by atoms with E-state index in [0.29, 0.717) is 5.56 Å². The van der Waals surface area contributed by atoms with Crippen LogP contribution in [0.1, 0.15) is 67.8 Å². The maximum Gasteiger partial charge on any atom is 0.421 e. The van der Waals surface area contributed by atoms with Gasteiger partial charge in [-0.2, -0.15) is 13.2 Å². The highest BCUT2D eigenvalue weighted by atomic mass is 19.4. The molecule has 0 bridgehead atoms. The first-order chi connectivity index (χ1) is 11.7. The van der Waals surface area contributed by atoms with E-state index in [1.165, 1.54) is 30.7 Å². The van der Waals surface area contributed by atoms with Crippen LogP contribution in [0.5, 0.6) is 0 Å². The summed E-state index contributed by atoms with van der Waals surface area (Å²) < 4.78 is 38.8. The van der Waals surface area contributed by atoms with Crippen molar-refractivity contribution < 1.29 is 23.1 Å². The molecule has 2 aliphatic carbocycles. The highest BCUT2D eigenvalue weighted by Gasteiger charge is 2.51. The van der Waals surface area contributed by atoms with Gasteiger partial charge < -0.3 is 10.0 Å². The van der Waals surface area contributed by atoms with E-state index in [0.717, 1.165) is 45.4 Å². The monoisotopic (exact) mass is 355 g/mol. The van der Waals surface area contributed by atoms with Gasteiger partial charge in [-0.3, -0.25) is 4.79 Å². The summed E-state index contributed by atoms with van der Waals surface area (Å²) in [7, 11) is 0. The first-order valence-corrected chi connectivity index (χ1v) is 8.94. The minimum absolute atomic E-state index is 0.104. The average molecular weight is 355 g/mol. The maximum atomic E-state index is 12.9. The maximum absolute atomic E-state index is 12.9. The van der Waals surface area contributed by atoms with E-state index in [-0.39, 0.29) is 23.6 Å². The molecule has 6 heteroatoms. The number of nitrogens with zero attached hydrogens (tertiary/aromatic N) is 1. The predicted molar refractivity (Wildman–Crippen MR) is 88.1 cm³/mol. The fourth-order valence-corrected chi connectivity index (χ4v) is 3.59. The largest absolute Gasteiger partial charge is 0.421 e. The second-order valence-corrected chi connectivity index (χ2v) is 7.38. The van der Waals surface area contributed by atoms with Crippen molar-refractivity contribution in [2.75, 3.05) is 0 Å². The molecule has 2 saturated carbocycles. The highest BCUT2D eigenvalue weighted by Crippen LogP contribution is 2.39. The van der Waals surface area contributed by atoms with Gasteiger partial charge in [0.2, 0.25) is 0 Å². The highest BCUT2D eigenvalue weighted by molar-refractivity contribution is 5.95. The lowest BCUT2D eigenvalue weighted by Gasteiger charge is -2.35. The van der Waals surface area contributed by atoms with E-state index < -0.39 is 11.8 Å². The zero-order chi connectivity index (χ0) is 18.2. The van der Waals surface area contributed by atoms with Gasteiger partial charge in [0.1, 0.15) is 0 Å². The Labute approximate surface area is 145 Å². The number of amides is 1. The number of aliphatic hydroxyl groups is 1. The van der Waals surface area contributed by atoms with E-state index in [2.05, 4.69) is 0 Å². The van der Waals surface area contributed by atoms with Gasteiger partial charge >= 0.3 is 6.18 Å². The topological polar surface area (TPSA) is 40.5 Å². The van der Waals surface area contributed by atoms with E-state index in [1.807, 2.05) is 4.90 Å². The number of benzene rings is 1. The lowest BCUT2D eigenvalue weighted by Crippen LogP contribution is -2.43. The molecule has 0 unspecified atom stereocenters. The first-order valence-electron chi connectivity index (χ1n) is 8.94. The summed E-state index contributed by atoms with van der Waals surface area (Å²) in [6.45, 7) is 0.725. The number of alkyl halides is 3. The average Bonchev–Trinajstić information content (AvgIpc) is 3.40. The van der Waals surface area contributed by atoms with Crippen LogP contribution >= 0.6 is 0 Å². The van der Waals surface area contributed by atoms with Crippen LogP contribution in [0, 0.1) is 0 Å². The van der Waals surface area contributed by atoms with Crippen LogP contribution < -0.4 is 0 Å². The van der Waals surface area contributed by atoms with Crippen molar-refractivity contribution in [1.82, 2.24) is 4.90 Å². The second-order valence-electron chi connectivity index (χ2n) is 7.38. The zero-order valence-corrected chi connectivity index (χ0v) is 14.4. The standard InChI is InChI=1S/C19H24F3NO2/c1-18(25,19(20,21)22)14-9-7-13(8-10-14)17(24)23(16-11-12-16)15-5-3-2-4-6-15/h7-10,15-16,25H,2-6,11-12H2,1H3/t18-/m1/s1. The zero-order valence-electron chi connectivity index (χ0n) is 14.4. The molecule has 1 aromatic carbocycles. The van der Waals surface area contributed by atoms with Crippen molar-refractivity contribution in [3.05, 3.63) is 35.4 Å². The number of carbonyl (C=O) groups excluding carboxylic acids is 1. The molecule has 1 N–H and O–H groups in total. The Hall–Kier alpha value is -1.56. The molecule has 3 rings (SSSR count). The van der Waals surface area contributed by atoms with Crippen LogP contribution in [0.25, 0.3) is 0 Å². The number of hydrogen-bond donors (Lipinski definition) is 1. The Morgan fingerprint density at radius 2 is 1.52 bits per heavy atom. The number of hydrogen-bond acceptors (Lipinski definition) is 2. The SMILES string of the molecule is C[C@@](O)(c1ccc(C(=O)N(C2CCCCC2)C2CC2)cc1)C(F)(F)F. The van der Waals surface area contributed by atoms with Crippen molar-refractivity contribution in [2.24, 2.45) is 0 Å². The Morgan fingerprint density at radius 3 is 2.00 bits per heavy atom. The molecule has 0 aromatic heterocycles. The van der Waals surface area contributed by atoms with Gasteiger partial charge in [0, 0.05) is 17.6 Å². The van der Waals surface area contributed by atoms with E-state index in [1.54, 1.807) is 0 Å². The molecule has 0 saturated heterocycles. The third kappa shape index (κ3) is 3.68. The van der Waals surface area contributed by atoms with Crippen molar-refractivity contribution >= 4 is 5.91 Å². The van der Waals surface area contributed by atoms with Crippen LogP contribution in [0.15, 0.2) is 24.3 Å². The summed E-state index contributed by atoms with van der Waals surface area (Å²) in [4.78, 5) is 14.9. The van der Waals surface area contributed by atoms with E-state index in [9.17, 15) is 23.1 Å². The van der Waals surface area contributed by atoms with Gasteiger partial charge in [-0.1, -0.05) is 31.4 Å². The molecule has 138 valence electrons. The van der Waals surface area contributed by atoms with Crippen molar-refractivity contribution in [2.45, 2.75) is 75.7 Å². The van der Waals surface area contributed by atoms with Crippen LogP contribution in [0.3, 0.4) is 0 Å². The molecular weight excluding hydrogens is 331 g/mol. The summed E-state index contributed by atoms with van der Waals surface area (Å²) in [6, 6.07) is 5.71. The summed E-state index contributed by atoms with van der Waals surface area (Å²) in [6.07, 6.45) is 2.69. The lowest BCUT2D eigenvalue weighted by atomic mass is 9.92. The molecule has 25 heavy (non-hydrogen) atoms. The summed E-state index contributed by atoms with van der Waals surface area (Å²) >= 11 is 0. The quantitative estimate of drug-likeness (QED) is 0.870. The molecule has 0 radical (unpaired) electrons. The second kappa shape index (κ2) is 6.63. The number of rotatable bonds is 4. The van der Waals surface area contributed by atoms with Gasteiger partial charge in [-0.25, -0.2) is 0 Å². The molecular formula is C19H24F3NO2. The van der Waals surface area contributed by atoms with Crippen LogP contribution in [0.2, 0.25) is 0 Å². The Kier molecular flexibility index (Phi) is 4.84. The lowest BCUT2D eigenvalue weighted by molar-refractivity contribution is -0.258. The van der Waals surface area contributed by atoms with E-state index in [4.69, 9.17) is 0 Å². The number of halogens is 3. The molecule has 2 fully saturated rings. The summed E-state index contributed by atoms with van der Waals surface area (Å²) in [5.41, 5.74) is -2.79. The van der Waals surface area contributed by atoms with Crippen molar-refractivity contribution in [1.29, 1.82) is 0 Å². The predicted octanol–water partition coefficient (Wildman–Crippen LogP) is 4.39. The molecule has 1 aromatic rings. The smallest absolute Gasteiger partial charge is 0.376 e. The fourth-order valence-electron chi connectivity index (χ4n) is 3.59. The minimum Gasteiger partial charge on any atom is -0.376 e. The van der Waals surface area contributed by atoms with Crippen LogP contribution in [-0.2, 0) is 5.60 Å². The fraction of sp³-hybridized carbons (Fsp3) is 0.632. The molecule has 0 aliphatic heterocycles. The van der Waals surface area contributed by atoms with E-state index >= 15 is 0 Å². The molecule has 2 aliphatic rings. The van der Waals surface area contributed by atoms with Gasteiger partial charge in [0.05, 0.1) is 0 Å². The Balaban J connectivity index is 1.79. The van der Waals surface area contributed by atoms with Gasteiger partial charge in [-0.15, -0.1) is 0 Å².